The van der Waals surface area contributed by atoms with Crippen molar-refractivity contribution in [1.29, 1.82) is 0 Å². The van der Waals surface area contributed by atoms with E-state index in [1.807, 2.05) is 42.5 Å². The lowest BCUT2D eigenvalue weighted by Crippen LogP contribution is -1.99. The van der Waals surface area contributed by atoms with Gasteiger partial charge in [-0.05, 0) is 65.4 Å². The molecule has 3 aromatic carbocycles. The number of hydrogen-bond donors (Lipinski definition) is 0. The Morgan fingerprint density at radius 3 is 2.58 bits per heavy atom. The maximum Gasteiger partial charge on any atom is 0.136 e. The van der Waals surface area contributed by atoms with Crippen molar-refractivity contribution < 1.29 is 7.16 Å². The van der Waals surface area contributed by atoms with Crippen LogP contribution >= 0.6 is 0 Å². The SMILES string of the molecule is [2H]C([2H])(c1ccnc(-c2ccc3oc4cccc(-c5ccccc5)c4c3c2)c1)C1CCCC1. The van der Waals surface area contributed by atoms with Gasteiger partial charge in [-0.25, -0.2) is 0 Å². The summed E-state index contributed by atoms with van der Waals surface area (Å²) >= 11 is 0. The first-order valence-corrected chi connectivity index (χ1v) is 11.1. The fourth-order valence-electron chi connectivity index (χ4n) is 4.83. The van der Waals surface area contributed by atoms with E-state index in [4.69, 9.17) is 7.16 Å². The number of pyridine rings is 1. The average Bonchev–Trinajstić information content (AvgIpc) is 3.53. The Balaban J connectivity index is 1.49. The van der Waals surface area contributed by atoms with Crippen LogP contribution in [0.2, 0.25) is 0 Å². The normalized spacial score (nSPS) is 16.0. The van der Waals surface area contributed by atoms with E-state index in [-0.39, 0.29) is 5.92 Å². The van der Waals surface area contributed by atoms with Gasteiger partial charge in [-0.3, -0.25) is 4.98 Å². The zero-order valence-electron chi connectivity index (χ0n) is 19.3. The summed E-state index contributed by atoms with van der Waals surface area (Å²) in [6.45, 7) is 0. The third kappa shape index (κ3) is 3.42. The largest absolute Gasteiger partial charge is 0.456 e. The maximum absolute atomic E-state index is 8.79. The molecule has 1 fully saturated rings. The zero-order valence-corrected chi connectivity index (χ0v) is 17.3. The van der Waals surface area contributed by atoms with Gasteiger partial charge in [0.15, 0.2) is 0 Å². The minimum absolute atomic E-state index is 0.0847. The first-order chi connectivity index (χ1) is 16.1. The van der Waals surface area contributed by atoms with E-state index in [1.165, 1.54) is 0 Å². The van der Waals surface area contributed by atoms with Gasteiger partial charge >= 0.3 is 0 Å². The third-order valence-electron chi connectivity index (χ3n) is 6.36. The van der Waals surface area contributed by atoms with Crippen LogP contribution in [-0.2, 0) is 6.37 Å². The van der Waals surface area contributed by atoms with Crippen molar-refractivity contribution in [2.24, 2.45) is 5.92 Å². The molecule has 0 spiro atoms. The molecule has 0 amide bonds. The van der Waals surface area contributed by atoms with E-state index in [2.05, 4.69) is 41.4 Å². The summed E-state index contributed by atoms with van der Waals surface area (Å²) in [4.78, 5) is 4.60. The smallest absolute Gasteiger partial charge is 0.136 e. The van der Waals surface area contributed by atoms with Crippen LogP contribution in [0, 0.1) is 5.92 Å². The van der Waals surface area contributed by atoms with Gasteiger partial charge in [-0.1, -0.05) is 68.1 Å². The zero-order chi connectivity index (χ0) is 22.4. The lowest BCUT2D eigenvalue weighted by molar-refractivity contribution is 0.546. The number of hydrogen-bond acceptors (Lipinski definition) is 2. The Morgan fingerprint density at radius 1 is 0.839 bits per heavy atom. The molecule has 152 valence electrons. The van der Waals surface area contributed by atoms with Gasteiger partial charge in [0.1, 0.15) is 11.2 Å². The molecule has 0 radical (unpaired) electrons. The summed E-state index contributed by atoms with van der Waals surface area (Å²) in [5, 5.41) is 2.14. The Kier molecular flexibility index (Phi) is 4.05. The number of furan rings is 1. The second-order valence-electron chi connectivity index (χ2n) is 8.41. The summed E-state index contributed by atoms with van der Waals surface area (Å²) in [5.74, 6) is 0.0847. The molecular formula is C29H25NO. The highest BCUT2D eigenvalue weighted by molar-refractivity contribution is 6.13. The summed E-state index contributed by atoms with van der Waals surface area (Å²) in [6, 6.07) is 26.5. The predicted molar refractivity (Wildman–Crippen MR) is 128 cm³/mol. The predicted octanol–water partition coefficient (Wildman–Crippen LogP) is 8.05. The van der Waals surface area contributed by atoms with Crippen LogP contribution in [0.5, 0.6) is 0 Å². The molecule has 1 aliphatic carbocycles. The molecule has 0 atom stereocenters. The highest BCUT2D eigenvalue weighted by atomic mass is 16.3. The van der Waals surface area contributed by atoms with Crippen molar-refractivity contribution in [3.63, 3.8) is 0 Å². The minimum atomic E-state index is -1.33. The van der Waals surface area contributed by atoms with Crippen LogP contribution in [-0.4, -0.2) is 4.98 Å². The molecule has 0 bridgehead atoms. The van der Waals surface area contributed by atoms with Crippen LogP contribution in [0.25, 0.3) is 44.3 Å². The molecule has 1 aliphatic rings. The van der Waals surface area contributed by atoms with Crippen LogP contribution in [0.15, 0.2) is 89.5 Å². The molecule has 2 aromatic heterocycles. The average molecular weight is 406 g/mol. The van der Waals surface area contributed by atoms with Crippen molar-refractivity contribution in [2.75, 3.05) is 0 Å². The van der Waals surface area contributed by atoms with Crippen LogP contribution in [0.4, 0.5) is 0 Å². The van der Waals surface area contributed by atoms with Crippen molar-refractivity contribution in [3.05, 3.63) is 90.6 Å². The molecule has 6 rings (SSSR count). The number of nitrogens with zero attached hydrogens (tertiary/aromatic N) is 1. The quantitative estimate of drug-likeness (QED) is 0.302. The third-order valence-corrected chi connectivity index (χ3v) is 6.36. The summed E-state index contributed by atoms with van der Waals surface area (Å²) in [6.07, 6.45) is 4.57. The molecular weight excluding hydrogens is 378 g/mol. The Bertz CT molecular complexity index is 1450. The first kappa shape index (κ1) is 16.3. The fourth-order valence-corrected chi connectivity index (χ4v) is 4.83. The molecule has 0 N–H and O–H groups in total. The monoisotopic (exact) mass is 405 g/mol. The van der Waals surface area contributed by atoms with Crippen molar-refractivity contribution in [2.45, 2.75) is 32.1 Å². The lowest BCUT2D eigenvalue weighted by Gasteiger charge is -2.10. The van der Waals surface area contributed by atoms with E-state index < -0.39 is 6.37 Å². The summed E-state index contributed by atoms with van der Waals surface area (Å²) in [7, 11) is 0. The van der Waals surface area contributed by atoms with E-state index >= 15 is 0 Å². The van der Waals surface area contributed by atoms with E-state index in [0.29, 0.717) is 0 Å². The second kappa shape index (κ2) is 7.70. The van der Waals surface area contributed by atoms with Crippen LogP contribution in [0.3, 0.4) is 0 Å². The van der Waals surface area contributed by atoms with Crippen molar-refractivity contribution >= 4 is 21.9 Å². The van der Waals surface area contributed by atoms with Gasteiger partial charge < -0.3 is 4.42 Å². The van der Waals surface area contributed by atoms with Crippen molar-refractivity contribution in [3.8, 4) is 22.4 Å². The molecule has 2 nitrogen and oxygen atoms in total. The molecule has 0 saturated heterocycles. The van der Waals surface area contributed by atoms with Crippen LogP contribution in [0.1, 0.15) is 34.0 Å². The fraction of sp³-hybridized carbons (Fsp3) is 0.207. The van der Waals surface area contributed by atoms with Gasteiger partial charge in [0, 0.05) is 25.3 Å². The van der Waals surface area contributed by atoms with E-state index in [9.17, 15) is 0 Å². The molecule has 2 heteroatoms. The summed E-state index contributed by atoms with van der Waals surface area (Å²) in [5.41, 5.74) is 6.49. The topological polar surface area (TPSA) is 26.0 Å². The van der Waals surface area contributed by atoms with Gasteiger partial charge in [0.25, 0.3) is 0 Å². The molecule has 0 aliphatic heterocycles. The first-order valence-electron chi connectivity index (χ1n) is 12.1. The van der Waals surface area contributed by atoms with Gasteiger partial charge in [-0.15, -0.1) is 0 Å². The van der Waals surface area contributed by atoms with E-state index in [1.54, 1.807) is 6.20 Å². The van der Waals surface area contributed by atoms with Crippen LogP contribution < -0.4 is 0 Å². The standard InChI is InChI=1S/C29H25NO/c1-2-9-22(10-3-1)24-11-6-12-28-29(24)25-19-23(13-14-27(25)31-28)26-18-21(15-16-30-26)17-20-7-4-5-8-20/h1-3,6,9-16,18-20H,4-5,7-8,17H2/i17D2. The number of aromatic nitrogens is 1. The molecule has 31 heavy (non-hydrogen) atoms. The van der Waals surface area contributed by atoms with E-state index in [0.717, 1.165) is 75.6 Å². The Labute approximate surface area is 185 Å². The lowest BCUT2D eigenvalue weighted by atomic mass is 9.96. The van der Waals surface area contributed by atoms with Gasteiger partial charge in [0.05, 0.1) is 5.69 Å². The Hall–Kier alpha value is -3.39. The molecule has 2 heterocycles. The summed E-state index contributed by atoms with van der Waals surface area (Å²) < 4.78 is 23.7. The van der Waals surface area contributed by atoms with Gasteiger partial charge in [-0.2, -0.15) is 0 Å². The van der Waals surface area contributed by atoms with Crippen molar-refractivity contribution in [1.82, 2.24) is 4.98 Å². The Morgan fingerprint density at radius 2 is 1.71 bits per heavy atom. The molecule has 0 unspecified atom stereocenters. The second-order valence-corrected chi connectivity index (χ2v) is 8.41. The number of benzene rings is 3. The highest BCUT2D eigenvalue weighted by Crippen LogP contribution is 2.38. The minimum Gasteiger partial charge on any atom is -0.456 e. The number of fused-ring (bicyclic) bond motifs is 3. The number of rotatable bonds is 4. The highest BCUT2D eigenvalue weighted by Gasteiger charge is 2.17. The molecule has 1 saturated carbocycles. The van der Waals surface area contributed by atoms with Gasteiger partial charge in [0.2, 0.25) is 0 Å². The molecule has 5 aromatic rings. The maximum atomic E-state index is 8.79.